The minimum absolute atomic E-state index is 0.00732. The van der Waals surface area contributed by atoms with Crippen molar-refractivity contribution in [2.24, 2.45) is 0 Å². The molecule has 1 unspecified atom stereocenters. The van der Waals surface area contributed by atoms with Gasteiger partial charge >= 0.3 is 0 Å². The van der Waals surface area contributed by atoms with E-state index in [1.807, 2.05) is 12.1 Å². The van der Waals surface area contributed by atoms with Crippen LogP contribution in [0.1, 0.15) is 66.9 Å². The molecule has 0 aromatic heterocycles. The molecule has 2 nitrogen and oxygen atoms in total. The predicted octanol–water partition coefficient (Wildman–Crippen LogP) is 6.45. The Labute approximate surface area is 169 Å². The molecule has 2 fully saturated rings. The molecule has 1 heterocycles. The normalized spacial score (nSPS) is 24.2. The predicted molar refractivity (Wildman–Crippen MR) is 106 cm³/mol. The number of hydrogen-bond acceptors (Lipinski definition) is 2. The smallest absolute Gasteiger partial charge is 0.166 e. The molecular formula is C24H25F3O2. The van der Waals surface area contributed by atoms with E-state index in [-0.39, 0.29) is 35.8 Å². The Bertz CT molecular complexity index is 897. The van der Waals surface area contributed by atoms with Crippen molar-refractivity contribution in [2.75, 3.05) is 6.61 Å². The lowest BCUT2D eigenvalue weighted by molar-refractivity contribution is 0.0118. The molecule has 0 N–H and O–H groups in total. The maximum Gasteiger partial charge on any atom is 0.166 e. The molecule has 154 valence electrons. The fourth-order valence-electron chi connectivity index (χ4n) is 4.08. The van der Waals surface area contributed by atoms with Gasteiger partial charge in [0.2, 0.25) is 0 Å². The van der Waals surface area contributed by atoms with Crippen molar-refractivity contribution in [3.63, 3.8) is 0 Å². The van der Waals surface area contributed by atoms with Gasteiger partial charge in [0.05, 0.1) is 19.3 Å². The molecule has 2 aromatic carbocycles. The molecule has 1 aliphatic heterocycles. The minimum atomic E-state index is -0.843. The van der Waals surface area contributed by atoms with Gasteiger partial charge in [0.1, 0.15) is 11.9 Å². The maximum absolute atomic E-state index is 14.3. The van der Waals surface area contributed by atoms with Gasteiger partial charge in [0.25, 0.3) is 0 Å². The zero-order valence-corrected chi connectivity index (χ0v) is 16.5. The minimum Gasteiger partial charge on any atom is -0.373 e. The van der Waals surface area contributed by atoms with Crippen molar-refractivity contribution in [1.82, 2.24) is 0 Å². The van der Waals surface area contributed by atoms with Gasteiger partial charge in [-0.25, -0.2) is 13.2 Å². The molecule has 2 aromatic rings. The van der Waals surface area contributed by atoms with Crippen LogP contribution in [0.2, 0.25) is 0 Å². The van der Waals surface area contributed by atoms with E-state index in [0.717, 1.165) is 31.2 Å². The SMILES string of the molecule is C/C=C/c1ccc(COC2CCC(c3ccc(C4CO4)c(F)c3)CC2)c(F)c1F. The molecule has 1 aliphatic carbocycles. The average molecular weight is 402 g/mol. The number of rotatable bonds is 6. The van der Waals surface area contributed by atoms with Crippen LogP contribution in [0.3, 0.4) is 0 Å². The average Bonchev–Trinajstić information content (AvgIpc) is 3.56. The van der Waals surface area contributed by atoms with E-state index in [2.05, 4.69) is 0 Å². The summed E-state index contributed by atoms with van der Waals surface area (Å²) >= 11 is 0. The monoisotopic (exact) mass is 402 g/mol. The largest absolute Gasteiger partial charge is 0.373 e. The first-order valence-corrected chi connectivity index (χ1v) is 10.2. The van der Waals surface area contributed by atoms with Crippen molar-refractivity contribution in [3.05, 3.63) is 76.1 Å². The molecule has 1 saturated heterocycles. The van der Waals surface area contributed by atoms with Gasteiger partial charge in [-0.15, -0.1) is 0 Å². The van der Waals surface area contributed by atoms with Gasteiger partial charge in [-0.2, -0.15) is 0 Å². The van der Waals surface area contributed by atoms with Crippen molar-refractivity contribution < 1.29 is 22.6 Å². The van der Waals surface area contributed by atoms with E-state index >= 15 is 0 Å². The van der Waals surface area contributed by atoms with E-state index in [4.69, 9.17) is 9.47 Å². The van der Waals surface area contributed by atoms with Gasteiger partial charge in [-0.1, -0.05) is 36.4 Å². The summed E-state index contributed by atoms with van der Waals surface area (Å²) in [6.07, 6.45) is 6.56. The van der Waals surface area contributed by atoms with Crippen molar-refractivity contribution in [3.8, 4) is 0 Å². The highest BCUT2D eigenvalue weighted by molar-refractivity contribution is 5.50. The van der Waals surface area contributed by atoms with Crippen LogP contribution < -0.4 is 0 Å². The molecule has 0 amide bonds. The first-order chi connectivity index (χ1) is 14.1. The fraction of sp³-hybridized carbons (Fsp3) is 0.417. The fourth-order valence-corrected chi connectivity index (χ4v) is 4.08. The molecule has 4 rings (SSSR count). The highest BCUT2D eigenvalue weighted by atomic mass is 19.2. The summed E-state index contributed by atoms with van der Waals surface area (Å²) in [6.45, 7) is 2.41. The Hall–Kier alpha value is -2.11. The second kappa shape index (κ2) is 8.72. The number of epoxide rings is 1. The number of halogens is 3. The Morgan fingerprint density at radius 3 is 2.45 bits per heavy atom. The van der Waals surface area contributed by atoms with Crippen LogP contribution in [0.25, 0.3) is 6.08 Å². The van der Waals surface area contributed by atoms with Crippen LogP contribution in [0.5, 0.6) is 0 Å². The summed E-state index contributed by atoms with van der Waals surface area (Å²) in [6, 6.07) is 8.61. The number of ether oxygens (including phenoxy) is 2. The second-order valence-corrected chi connectivity index (χ2v) is 7.83. The van der Waals surface area contributed by atoms with E-state index in [0.29, 0.717) is 18.1 Å². The number of allylic oxidation sites excluding steroid dienone is 1. The molecule has 1 saturated carbocycles. The van der Waals surface area contributed by atoms with E-state index in [1.165, 1.54) is 6.08 Å². The van der Waals surface area contributed by atoms with Crippen molar-refractivity contribution in [2.45, 2.75) is 57.3 Å². The zero-order chi connectivity index (χ0) is 20.4. The lowest BCUT2D eigenvalue weighted by Crippen LogP contribution is -2.21. The summed E-state index contributed by atoms with van der Waals surface area (Å²) in [4.78, 5) is 0. The van der Waals surface area contributed by atoms with Crippen LogP contribution in [-0.2, 0) is 16.1 Å². The molecule has 0 radical (unpaired) electrons. The third kappa shape index (κ3) is 4.57. The summed E-state index contributed by atoms with van der Waals surface area (Å²) in [5.74, 6) is -1.57. The molecule has 2 aliphatic rings. The van der Waals surface area contributed by atoms with Crippen molar-refractivity contribution >= 4 is 6.08 Å². The van der Waals surface area contributed by atoms with Crippen LogP contribution in [0.15, 0.2) is 36.4 Å². The van der Waals surface area contributed by atoms with Gasteiger partial charge in [0, 0.05) is 16.7 Å². The second-order valence-electron chi connectivity index (χ2n) is 7.83. The van der Waals surface area contributed by atoms with Crippen molar-refractivity contribution in [1.29, 1.82) is 0 Å². The number of benzene rings is 2. The molecule has 0 spiro atoms. The lowest BCUT2D eigenvalue weighted by atomic mass is 9.82. The van der Waals surface area contributed by atoms with E-state index in [1.54, 1.807) is 31.2 Å². The lowest BCUT2D eigenvalue weighted by Gasteiger charge is -2.29. The summed E-state index contributed by atoms with van der Waals surface area (Å²) in [7, 11) is 0. The van der Waals surface area contributed by atoms with E-state index < -0.39 is 11.6 Å². The molecule has 29 heavy (non-hydrogen) atoms. The Kier molecular flexibility index (Phi) is 6.07. The highest BCUT2D eigenvalue weighted by Gasteiger charge is 2.29. The quantitative estimate of drug-likeness (QED) is 0.518. The topological polar surface area (TPSA) is 21.8 Å². The molecular weight excluding hydrogens is 377 g/mol. The van der Waals surface area contributed by atoms with Crippen LogP contribution in [0.4, 0.5) is 13.2 Å². The molecule has 1 atom stereocenters. The van der Waals surface area contributed by atoms with Gasteiger partial charge in [-0.3, -0.25) is 0 Å². The summed E-state index contributed by atoms with van der Waals surface area (Å²) in [5.41, 5.74) is 2.12. The third-order valence-electron chi connectivity index (χ3n) is 5.86. The summed E-state index contributed by atoms with van der Waals surface area (Å²) < 4.78 is 53.5. The first kappa shape index (κ1) is 20.2. The summed E-state index contributed by atoms with van der Waals surface area (Å²) in [5, 5.41) is 0. The standard InChI is InChI=1S/C24H25F3O2/c1-2-3-16-4-5-18(24(27)23(16)26)13-28-19-9-6-15(7-10-19)17-8-11-20(21(25)12-17)22-14-29-22/h2-5,8,11-12,15,19,22H,6-7,9-10,13-14H2,1H3/b3-2+. The maximum atomic E-state index is 14.3. The van der Waals surface area contributed by atoms with Crippen LogP contribution in [0, 0.1) is 17.5 Å². The first-order valence-electron chi connectivity index (χ1n) is 10.2. The van der Waals surface area contributed by atoms with E-state index in [9.17, 15) is 13.2 Å². The van der Waals surface area contributed by atoms with Gasteiger partial charge in [-0.05, 0) is 50.2 Å². The molecule has 0 bridgehead atoms. The molecule has 5 heteroatoms. The third-order valence-corrected chi connectivity index (χ3v) is 5.86. The van der Waals surface area contributed by atoms with Gasteiger partial charge in [0.15, 0.2) is 11.6 Å². The highest BCUT2D eigenvalue weighted by Crippen LogP contribution is 2.37. The Morgan fingerprint density at radius 1 is 1.03 bits per heavy atom. The Balaban J connectivity index is 1.31. The Morgan fingerprint density at radius 2 is 1.79 bits per heavy atom. The van der Waals surface area contributed by atoms with Gasteiger partial charge < -0.3 is 9.47 Å². The zero-order valence-electron chi connectivity index (χ0n) is 16.5. The van der Waals surface area contributed by atoms with Crippen LogP contribution in [-0.4, -0.2) is 12.7 Å². The number of hydrogen-bond donors (Lipinski definition) is 0. The van der Waals surface area contributed by atoms with Crippen LogP contribution >= 0.6 is 0 Å².